The van der Waals surface area contributed by atoms with Gasteiger partial charge in [-0.15, -0.1) is 0 Å². The Hall–Kier alpha value is -4.70. The summed E-state index contributed by atoms with van der Waals surface area (Å²) >= 11 is 0. The van der Waals surface area contributed by atoms with Crippen LogP contribution in [0.5, 0.6) is 5.88 Å². The number of aromatic nitrogens is 3. The third kappa shape index (κ3) is 5.65. The van der Waals surface area contributed by atoms with Gasteiger partial charge < -0.3 is 19.1 Å². The van der Waals surface area contributed by atoms with Crippen LogP contribution in [0.4, 0.5) is 13.2 Å². The molecule has 6 rings (SSSR count). The molecular formula is C34H30F3N3O4. The zero-order chi connectivity index (χ0) is 31.2. The first kappa shape index (κ1) is 29.4. The molecule has 1 N–H and O–H groups in total. The second kappa shape index (κ2) is 11.4. The minimum Gasteiger partial charge on any atom is -0.478 e. The van der Waals surface area contributed by atoms with E-state index in [1.807, 2.05) is 18.4 Å². The lowest BCUT2D eigenvalue weighted by Crippen LogP contribution is -2.27. The molecule has 0 bridgehead atoms. The smallest absolute Gasteiger partial charge is 0.335 e. The summed E-state index contributed by atoms with van der Waals surface area (Å²) in [4.78, 5) is 20.8. The number of imidazole rings is 1. The summed E-state index contributed by atoms with van der Waals surface area (Å²) in [6.07, 6.45) is -0.0275. The van der Waals surface area contributed by atoms with E-state index in [4.69, 9.17) is 14.5 Å². The number of carbonyl (C=O) groups is 1. The third-order valence-corrected chi connectivity index (χ3v) is 8.14. The number of halogens is 3. The predicted molar refractivity (Wildman–Crippen MR) is 158 cm³/mol. The van der Waals surface area contributed by atoms with Crippen LogP contribution in [0.1, 0.15) is 52.8 Å². The number of carboxylic acid groups (broad SMARTS) is 1. The minimum absolute atomic E-state index is 0.0275. The van der Waals surface area contributed by atoms with Crippen LogP contribution in [0.15, 0.2) is 66.7 Å². The van der Waals surface area contributed by atoms with E-state index in [2.05, 4.69) is 4.98 Å². The zero-order valence-electron chi connectivity index (χ0n) is 24.4. The van der Waals surface area contributed by atoms with Gasteiger partial charge in [-0.05, 0) is 72.1 Å². The lowest BCUT2D eigenvalue weighted by Gasteiger charge is -2.28. The Kier molecular flexibility index (Phi) is 7.63. The van der Waals surface area contributed by atoms with Crippen LogP contribution in [0.2, 0.25) is 0 Å². The molecule has 5 aromatic rings. The Morgan fingerprint density at radius 2 is 1.84 bits per heavy atom. The molecule has 0 spiro atoms. The van der Waals surface area contributed by atoms with E-state index < -0.39 is 17.6 Å². The van der Waals surface area contributed by atoms with Crippen LogP contribution >= 0.6 is 0 Å². The maximum atomic E-state index is 15.6. The Morgan fingerprint density at radius 1 is 1.02 bits per heavy atom. The second-order valence-electron chi connectivity index (χ2n) is 11.7. The van der Waals surface area contributed by atoms with Gasteiger partial charge in [0, 0.05) is 23.5 Å². The summed E-state index contributed by atoms with van der Waals surface area (Å²) < 4.78 is 58.1. The van der Waals surface area contributed by atoms with Gasteiger partial charge in [0.2, 0.25) is 5.88 Å². The molecule has 1 saturated heterocycles. The van der Waals surface area contributed by atoms with E-state index in [0.29, 0.717) is 30.1 Å². The van der Waals surface area contributed by atoms with Crippen molar-refractivity contribution in [2.24, 2.45) is 5.41 Å². The predicted octanol–water partition coefficient (Wildman–Crippen LogP) is 7.29. The molecule has 1 aliphatic heterocycles. The molecule has 3 heterocycles. The highest BCUT2D eigenvalue weighted by molar-refractivity contribution is 5.92. The Balaban J connectivity index is 1.31. The number of rotatable bonds is 8. The summed E-state index contributed by atoms with van der Waals surface area (Å²) in [5.74, 6) is -2.02. The number of benzene rings is 3. The molecule has 7 nitrogen and oxygen atoms in total. The highest BCUT2D eigenvalue weighted by atomic mass is 19.1. The number of aromatic carboxylic acids is 1. The first-order valence-electron chi connectivity index (χ1n) is 14.2. The van der Waals surface area contributed by atoms with Crippen molar-refractivity contribution in [3.8, 4) is 17.1 Å². The fraction of sp³-hybridized carbons (Fsp3) is 0.265. The van der Waals surface area contributed by atoms with Crippen LogP contribution in [0.25, 0.3) is 22.3 Å². The van der Waals surface area contributed by atoms with Crippen LogP contribution < -0.4 is 4.74 Å². The van der Waals surface area contributed by atoms with Crippen LogP contribution in [0, 0.1) is 29.8 Å². The molecule has 1 aliphatic rings. The zero-order valence-corrected chi connectivity index (χ0v) is 24.4. The average Bonchev–Trinajstić information content (AvgIpc) is 3.51. The van der Waals surface area contributed by atoms with Crippen molar-refractivity contribution in [3.05, 3.63) is 112 Å². The van der Waals surface area contributed by atoms with E-state index in [9.17, 15) is 14.3 Å². The lowest BCUT2D eigenvalue weighted by atomic mass is 9.87. The van der Waals surface area contributed by atoms with Gasteiger partial charge in [0.1, 0.15) is 29.9 Å². The number of fused-ring (bicyclic) bond motifs is 1. The largest absolute Gasteiger partial charge is 0.478 e. The molecule has 1 fully saturated rings. The van der Waals surface area contributed by atoms with Crippen LogP contribution in [-0.2, 0) is 17.8 Å². The molecule has 3 aromatic carbocycles. The number of hydrogen-bond acceptors (Lipinski definition) is 5. The van der Waals surface area contributed by atoms with Gasteiger partial charge in [0.15, 0.2) is 0 Å². The van der Waals surface area contributed by atoms with E-state index in [0.717, 1.165) is 23.3 Å². The van der Waals surface area contributed by atoms with Gasteiger partial charge in [-0.2, -0.15) is 0 Å². The van der Waals surface area contributed by atoms with Crippen molar-refractivity contribution < 1.29 is 32.5 Å². The van der Waals surface area contributed by atoms with Crippen molar-refractivity contribution in [2.45, 2.75) is 39.8 Å². The third-order valence-electron chi connectivity index (χ3n) is 8.14. The molecule has 0 radical (unpaired) electrons. The molecule has 0 amide bonds. The number of ether oxygens (including phenoxy) is 2. The number of pyridine rings is 1. The second-order valence-corrected chi connectivity index (χ2v) is 11.7. The lowest BCUT2D eigenvalue weighted by molar-refractivity contribution is 0.0697. The summed E-state index contributed by atoms with van der Waals surface area (Å²) in [7, 11) is 0. The normalized spacial score (nSPS) is 16.0. The summed E-state index contributed by atoms with van der Waals surface area (Å²) in [5, 5.41) is 9.58. The van der Waals surface area contributed by atoms with E-state index in [1.165, 1.54) is 18.2 Å². The molecule has 0 aliphatic carbocycles. The quantitative estimate of drug-likeness (QED) is 0.201. The number of aryl methyl sites for hydroxylation is 1. The molecule has 2 aromatic heterocycles. The Bertz CT molecular complexity index is 1900. The molecule has 226 valence electrons. The average molecular weight is 602 g/mol. The number of carboxylic acids is 1. The summed E-state index contributed by atoms with van der Waals surface area (Å²) in [5.41, 5.74) is 2.72. The Labute approximate surface area is 251 Å². The maximum Gasteiger partial charge on any atom is 0.335 e. The van der Waals surface area contributed by atoms with E-state index in [1.54, 1.807) is 43.3 Å². The van der Waals surface area contributed by atoms with Crippen molar-refractivity contribution in [3.63, 3.8) is 0 Å². The molecular weight excluding hydrogens is 571 g/mol. The van der Waals surface area contributed by atoms with Crippen molar-refractivity contribution >= 4 is 17.0 Å². The van der Waals surface area contributed by atoms with Gasteiger partial charge in [0.25, 0.3) is 0 Å². The first-order valence-corrected chi connectivity index (χ1v) is 14.2. The molecule has 1 unspecified atom stereocenters. The number of nitrogens with zero attached hydrogens (tertiary/aromatic N) is 3. The van der Waals surface area contributed by atoms with Crippen LogP contribution in [-0.4, -0.2) is 38.8 Å². The van der Waals surface area contributed by atoms with Crippen molar-refractivity contribution in [1.29, 1.82) is 0 Å². The highest BCUT2D eigenvalue weighted by Gasteiger charge is 2.39. The van der Waals surface area contributed by atoms with Gasteiger partial charge in [0.05, 0.1) is 41.5 Å². The van der Waals surface area contributed by atoms with Gasteiger partial charge in [-0.25, -0.2) is 27.9 Å². The minimum atomic E-state index is -1.07. The molecule has 1 atom stereocenters. The summed E-state index contributed by atoms with van der Waals surface area (Å²) in [6, 6.07) is 15.9. The molecule has 0 saturated carbocycles. The van der Waals surface area contributed by atoms with Crippen molar-refractivity contribution in [2.75, 3.05) is 13.2 Å². The molecule has 44 heavy (non-hydrogen) atoms. The van der Waals surface area contributed by atoms with Gasteiger partial charge in [-0.3, -0.25) is 0 Å². The highest BCUT2D eigenvalue weighted by Crippen LogP contribution is 2.40. The van der Waals surface area contributed by atoms with E-state index >= 15 is 8.78 Å². The first-order chi connectivity index (χ1) is 21.0. The number of hydrogen-bond donors (Lipinski definition) is 1. The fourth-order valence-corrected chi connectivity index (χ4v) is 5.64. The maximum absolute atomic E-state index is 15.6. The van der Waals surface area contributed by atoms with Crippen LogP contribution in [0.3, 0.4) is 0 Å². The SMILES string of the molecule is Cc1cc(F)ccc1COc1cccc(-c2cc(F)c(Cc3nc4ccc(C(=O)O)cc4n3C3COCC3(C)C)cc2F)n1. The molecule has 10 heteroatoms. The van der Waals surface area contributed by atoms with Crippen molar-refractivity contribution in [1.82, 2.24) is 14.5 Å². The summed E-state index contributed by atoms with van der Waals surface area (Å²) in [6.45, 7) is 6.87. The Morgan fingerprint density at radius 3 is 2.57 bits per heavy atom. The van der Waals surface area contributed by atoms with E-state index in [-0.39, 0.29) is 58.6 Å². The monoisotopic (exact) mass is 601 g/mol. The topological polar surface area (TPSA) is 86.5 Å². The van der Waals surface area contributed by atoms with Gasteiger partial charge >= 0.3 is 5.97 Å². The van der Waals surface area contributed by atoms with Gasteiger partial charge in [-0.1, -0.05) is 26.0 Å². The standard InChI is InChI=1S/C34H30F3N3O4/c1-19-11-23(35)9-7-21(19)16-44-32-6-4-5-27(39-32)24-15-25(36)22(12-26(24)37)14-31-38-28-10-8-20(33(41)42)13-29(28)40(31)30-17-43-18-34(30,2)3/h4-13,15,30H,14,16-18H2,1-3H3,(H,41,42). The fourth-order valence-electron chi connectivity index (χ4n) is 5.64.